The van der Waals surface area contributed by atoms with Crippen LogP contribution in [0.1, 0.15) is 0 Å². The predicted molar refractivity (Wildman–Crippen MR) is 30.6 cm³/mol. The van der Waals surface area contributed by atoms with E-state index in [0.717, 1.165) is 0 Å². The lowest BCUT2D eigenvalue weighted by Gasteiger charge is -2.06. The van der Waals surface area contributed by atoms with Crippen LogP contribution in [0.25, 0.3) is 0 Å². The van der Waals surface area contributed by atoms with Gasteiger partial charge in [-0.2, -0.15) is 5.26 Å². The predicted octanol–water partition coefficient (Wildman–Crippen LogP) is 0.149. The third-order valence-corrected chi connectivity index (χ3v) is 1.12. The maximum Gasteiger partial charge on any atom is 0.162 e. The summed E-state index contributed by atoms with van der Waals surface area (Å²) < 4.78 is 11.7. The van der Waals surface area contributed by atoms with Gasteiger partial charge in [0.15, 0.2) is 12.8 Å². The summed E-state index contributed by atoms with van der Waals surface area (Å²) in [6.07, 6.45) is 1.37. The first-order valence-electron chi connectivity index (χ1n) is 2.59. The van der Waals surface area contributed by atoms with Crippen molar-refractivity contribution in [3.63, 3.8) is 0 Å². The van der Waals surface area contributed by atoms with Crippen LogP contribution < -0.4 is 0 Å². The van der Waals surface area contributed by atoms with Crippen molar-refractivity contribution in [1.82, 2.24) is 4.90 Å². The third kappa shape index (κ3) is 1.17. The lowest BCUT2D eigenvalue weighted by atomic mass is 10.3. The summed E-state index contributed by atoms with van der Waals surface area (Å²) in [6.45, 7) is -0.158. The minimum atomic E-state index is -0.554. The lowest BCUT2D eigenvalue weighted by Crippen LogP contribution is -2.21. The summed E-state index contributed by atoms with van der Waals surface area (Å²) in [4.78, 5) is 5.06. The molecule has 0 amide bonds. The molecule has 0 aromatic rings. The molecule has 0 fully saturated rings. The van der Waals surface area contributed by atoms with E-state index in [2.05, 4.69) is 4.99 Å². The minimum Gasteiger partial charge on any atom is -0.332 e. The second-order valence-electron chi connectivity index (χ2n) is 1.80. The quantitative estimate of drug-likeness (QED) is 0.470. The Bertz CT molecular complexity index is 160. The Labute approximate surface area is 52.4 Å². The molecule has 1 rings (SSSR count). The molecule has 0 saturated carbocycles. The van der Waals surface area contributed by atoms with Gasteiger partial charge in [0.2, 0.25) is 0 Å². The van der Waals surface area contributed by atoms with Crippen molar-refractivity contribution in [3.05, 3.63) is 0 Å². The summed E-state index contributed by atoms with van der Waals surface area (Å²) in [7, 11) is 0. The fourth-order valence-corrected chi connectivity index (χ4v) is 0.645. The fraction of sp³-hybridized carbons (Fsp3) is 0.600. The number of alkyl halides is 1. The summed E-state index contributed by atoms with van der Waals surface area (Å²) >= 11 is 0. The maximum absolute atomic E-state index is 11.7. The molecule has 0 aliphatic carbocycles. The van der Waals surface area contributed by atoms with Crippen LogP contribution in [-0.4, -0.2) is 30.6 Å². The van der Waals surface area contributed by atoms with Gasteiger partial charge in [0.05, 0.1) is 19.0 Å². The van der Waals surface area contributed by atoms with Crippen molar-refractivity contribution in [1.29, 1.82) is 5.26 Å². The zero-order valence-corrected chi connectivity index (χ0v) is 4.79. The number of rotatable bonds is 1. The van der Waals surface area contributed by atoms with Gasteiger partial charge < -0.3 is 4.90 Å². The topological polar surface area (TPSA) is 39.4 Å². The first-order valence-corrected chi connectivity index (χ1v) is 2.59. The molecule has 4 heteroatoms. The van der Waals surface area contributed by atoms with Gasteiger partial charge in [0, 0.05) is 0 Å². The van der Waals surface area contributed by atoms with Crippen molar-refractivity contribution in [2.75, 3.05) is 13.3 Å². The van der Waals surface area contributed by atoms with Gasteiger partial charge >= 0.3 is 0 Å². The summed E-state index contributed by atoms with van der Waals surface area (Å²) in [5.74, 6) is 0. The fourth-order valence-electron chi connectivity index (χ4n) is 0.645. The van der Waals surface area contributed by atoms with Gasteiger partial charge in [-0.1, -0.05) is 0 Å². The number of nitrogens with zero attached hydrogens (tertiary/aromatic N) is 3. The minimum absolute atomic E-state index is 0.360. The molecule has 0 spiro atoms. The van der Waals surface area contributed by atoms with E-state index in [0.29, 0.717) is 6.54 Å². The normalized spacial score (nSPS) is 24.4. The van der Waals surface area contributed by atoms with Crippen LogP contribution >= 0.6 is 0 Å². The van der Waals surface area contributed by atoms with Crippen molar-refractivity contribution in [3.8, 4) is 6.07 Å². The first-order chi connectivity index (χ1) is 4.36. The van der Waals surface area contributed by atoms with E-state index >= 15 is 0 Å². The molecule has 0 aromatic carbocycles. The Morgan fingerprint density at radius 1 is 2.00 bits per heavy atom. The summed E-state index contributed by atoms with van der Waals surface area (Å²) in [5.41, 5.74) is 0. The third-order valence-electron chi connectivity index (χ3n) is 1.12. The molecule has 0 radical (unpaired) electrons. The number of nitriles is 1. The monoisotopic (exact) mass is 127 g/mol. The van der Waals surface area contributed by atoms with Crippen LogP contribution in [0.5, 0.6) is 0 Å². The van der Waals surface area contributed by atoms with Crippen LogP contribution in [0.15, 0.2) is 4.99 Å². The van der Waals surface area contributed by atoms with Crippen molar-refractivity contribution in [2.24, 2.45) is 4.99 Å². The zero-order valence-electron chi connectivity index (χ0n) is 4.79. The Morgan fingerprint density at radius 3 is 3.11 bits per heavy atom. The van der Waals surface area contributed by atoms with Gasteiger partial charge in [0.1, 0.15) is 0 Å². The van der Waals surface area contributed by atoms with Crippen molar-refractivity contribution < 1.29 is 4.39 Å². The molecule has 1 aliphatic heterocycles. The van der Waals surface area contributed by atoms with E-state index in [4.69, 9.17) is 5.26 Å². The Balaban J connectivity index is 2.42. The highest BCUT2D eigenvalue weighted by Gasteiger charge is 2.14. The second kappa shape index (κ2) is 2.44. The molecule has 1 atom stereocenters. The Hall–Kier alpha value is -1.11. The molecule has 1 heterocycles. The van der Waals surface area contributed by atoms with E-state index in [1.54, 1.807) is 0 Å². The van der Waals surface area contributed by atoms with Gasteiger partial charge in [-0.15, -0.1) is 0 Å². The first kappa shape index (κ1) is 6.02. The highest BCUT2D eigenvalue weighted by Crippen LogP contribution is 2.00. The Kier molecular flexibility index (Phi) is 1.63. The number of halogens is 1. The highest BCUT2D eigenvalue weighted by molar-refractivity contribution is 5.58. The molecule has 0 bridgehead atoms. The number of hydrogen-bond acceptors (Lipinski definition) is 3. The maximum atomic E-state index is 11.7. The molecule has 1 unspecified atom stereocenters. The second-order valence-corrected chi connectivity index (χ2v) is 1.80. The van der Waals surface area contributed by atoms with Crippen LogP contribution in [0.2, 0.25) is 0 Å². The molecule has 0 saturated heterocycles. The van der Waals surface area contributed by atoms with E-state index in [9.17, 15) is 4.39 Å². The molecular formula is C5H6FN3. The summed E-state index contributed by atoms with van der Waals surface area (Å²) in [6, 6.07) is 1.56. The van der Waals surface area contributed by atoms with E-state index < -0.39 is 6.80 Å². The lowest BCUT2D eigenvalue weighted by molar-refractivity contribution is 0.299. The smallest absolute Gasteiger partial charge is 0.162 e. The Morgan fingerprint density at radius 2 is 2.78 bits per heavy atom. The van der Waals surface area contributed by atoms with E-state index in [1.807, 2.05) is 6.07 Å². The van der Waals surface area contributed by atoms with Gasteiger partial charge in [-0.25, -0.2) is 4.39 Å². The molecule has 1 aliphatic rings. The van der Waals surface area contributed by atoms with Gasteiger partial charge in [-0.05, 0) is 0 Å². The van der Waals surface area contributed by atoms with Gasteiger partial charge in [-0.3, -0.25) is 4.99 Å². The van der Waals surface area contributed by atoms with Crippen LogP contribution in [0.3, 0.4) is 0 Å². The number of aliphatic imine (C=N–C) groups is 1. The molecular weight excluding hydrogens is 121 g/mol. The zero-order chi connectivity index (χ0) is 6.69. The van der Waals surface area contributed by atoms with Crippen molar-refractivity contribution in [2.45, 2.75) is 6.04 Å². The van der Waals surface area contributed by atoms with Crippen LogP contribution in [0, 0.1) is 11.3 Å². The molecule has 0 N–H and O–H groups in total. The summed E-state index contributed by atoms with van der Waals surface area (Å²) in [5, 5.41) is 8.27. The van der Waals surface area contributed by atoms with Gasteiger partial charge in [0.25, 0.3) is 0 Å². The van der Waals surface area contributed by atoms with E-state index in [1.165, 1.54) is 11.2 Å². The average Bonchev–Trinajstić information content (AvgIpc) is 2.34. The SMILES string of the molecule is N#CC1CN(CF)C=N1. The average molecular weight is 127 g/mol. The van der Waals surface area contributed by atoms with E-state index in [-0.39, 0.29) is 6.04 Å². The molecule has 9 heavy (non-hydrogen) atoms. The van der Waals surface area contributed by atoms with Crippen LogP contribution in [-0.2, 0) is 0 Å². The largest absolute Gasteiger partial charge is 0.332 e. The molecule has 3 nitrogen and oxygen atoms in total. The number of hydrogen-bond donors (Lipinski definition) is 0. The standard InChI is InChI=1S/C5H6FN3/c6-3-9-2-5(1-7)8-4-9/h4-5H,2-3H2. The highest BCUT2D eigenvalue weighted by atomic mass is 19.1. The van der Waals surface area contributed by atoms with Crippen molar-refractivity contribution >= 4 is 6.34 Å². The van der Waals surface area contributed by atoms with Crippen LogP contribution in [0.4, 0.5) is 4.39 Å². The molecule has 48 valence electrons. The molecule has 0 aromatic heterocycles.